The molecule has 4 amide bonds. The lowest BCUT2D eigenvalue weighted by Gasteiger charge is -2.37. The van der Waals surface area contributed by atoms with Crippen LogP contribution in [0.5, 0.6) is 46.0 Å². The van der Waals surface area contributed by atoms with Gasteiger partial charge in [0.05, 0.1) is 79.3 Å². The van der Waals surface area contributed by atoms with Crippen LogP contribution in [0, 0.1) is 0 Å². The number of ether oxygens (including phenoxy) is 10. The highest BCUT2D eigenvalue weighted by atomic mass is 16.6. The molecule has 0 bridgehead atoms. The third-order valence-electron chi connectivity index (χ3n) is 17.2. The van der Waals surface area contributed by atoms with Crippen LogP contribution in [0.1, 0.15) is 93.0 Å². The van der Waals surface area contributed by atoms with E-state index in [2.05, 4.69) is 37.4 Å². The third-order valence-corrected chi connectivity index (χ3v) is 17.2. The smallest absolute Gasteiger partial charge is 0.329 e. The van der Waals surface area contributed by atoms with E-state index in [9.17, 15) is 24.0 Å². The van der Waals surface area contributed by atoms with Gasteiger partial charge in [-0.3, -0.25) is 24.1 Å². The maximum absolute atomic E-state index is 14.6. The topological polar surface area (TPSA) is 290 Å². The molecule has 98 heavy (non-hydrogen) atoms. The highest BCUT2D eigenvalue weighted by Gasteiger charge is 2.38. The average Bonchev–Trinajstić information content (AvgIpc) is 1.60. The van der Waals surface area contributed by atoms with Crippen LogP contribution >= 0.6 is 0 Å². The minimum Gasteiger partial charge on any atom is -0.493 e. The molecular weight excluding hydrogens is 1260 g/mol. The first-order valence-corrected chi connectivity index (χ1v) is 33.2. The first-order chi connectivity index (χ1) is 47.7. The van der Waals surface area contributed by atoms with Crippen molar-refractivity contribution in [3.05, 3.63) is 144 Å². The SMILES string of the molecule is C=C(CN1CCC[C@@H](n2nc(-c3ccc(Oc4ccccc4)cc3)c3c(N)ncnc32)C1)C(=O)NCCNC(=O)CCOCCOCCNC(=O)COc1cccc(C(CCc2ccc(OC)c(OC)c2)OC(=O)[C@H]2CCCCN2C(=O)[C@@H](CC)c2cc(OC)c(OC)c(OC)c2)c1. The summed E-state index contributed by atoms with van der Waals surface area (Å²) in [5.74, 6) is 2.33. The molecule has 0 aliphatic carbocycles. The van der Waals surface area contributed by atoms with Gasteiger partial charge in [-0.25, -0.2) is 19.4 Å². The van der Waals surface area contributed by atoms with Crippen LogP contribution in [0.25, 0.3) is 22.3 Å². The Morgan fingerprint density at radius 3 is 2.12 bits per heavy atom. The molecule has 4 atom stereocenters. The van der Waals surface area contributed by atoms with Crippen molar-refractivity contribution in [3.8, 4) is 57.3 Å². The van der Waals surface area contributed by atoms with Crippen molar-refractivity contribution >= 4 is 46.4 Å². The van der Waals surface area contributed by atoms with Crippen molar-refractivity contribution < 1.29 is 71.3 Å². The molecule has 0 spiro atoms. The molecular formula is C73H90N10O15. The Kier molecular flexibility index (Phi) is 26.8. The fourth-order valence-corrected chi connectivity index (χ4v) is 12.2. The molecule has 5 N–H and O–H groups in total. The Morgan fingerprint density at radius 2 is 1.39 bits per heavy atom. The number of anilines is 1. The van der Waals surface area contributed by atoms with Crippen LogP contribution in [-0.2, 0) is 44.6 Å². The van der Waals surface area contributed by atoms with E-state index in [0.29, 0.717) is 125 Å². The standard InChI is InChI=1S/C73H90N10O15/c1-8-57(52-42-62(91-5)68(93-7)63(43-52)92-6)72(87)82-35-13-12-21-58(82)73(88)98-59(28-22-49-23-29-60(89-3)61(40-49)90-4)51-16-14-20-56(41-51)96-46-65(85)76-33-37-95-39-38-94-36-30-64(84)75-31-32-77-71(86)48(2)44-81-34-15-17-53(45-81)83-70-66(69(74)78-47-79-70)67(80-83)50-24-26-55(27-25-50)97-54-18-10-9-11-19-54/h9-11,14,16,18-20,23-27,29,40-43,47,53,57-59H,2,8,12-13,15,17,21-22,28,30-39,44-46H2,1,3-7H3,(H,75,84)(H,76,85)(H,77,86)(H2,74,78,79)/t53-,57+,58-,59?/m1/s1. The maximum atomic E-state index is 14.6. The number of nitrogens with two attached hydrogens (primary N) is 1. The van der Waals surface area contributed by atoms with Gasteiger partial charge in [-0.15, -0.1) is 0 Å². The number of amides is 4. The molecule has 9 rings (SSSR count). The van der Waals surface area contributed by atoms with Gasteiger partial charge >= 0.3 is 5.97 Å². The number of carbonyl (C=O) groups is 5. The maximum Gasteiger partial charge on any atom is 0.329 e. The Balaban J connectivity index is 0.663. The van der Waals surface area contributed by atoms with Crippen LogP contribution in [0.15, 0.2) is 128 Å². The molecule has 2 aliphatic heterocycles. The fraction of sp³-hybridized carbons (Fsp3) is 0.425. The van der Waals surface area contributed by atoms with Crippen molar-refractivity contribution in [1.82, 2.24) is 45.5 Å². The zero-order valence-corrected chi connectivity index (χ0v) is 56.7. The molecule has 5 aromatic carbocycles. The average molecular weight is 1350 g/mol. The zero-order valence-electron chi connectivity index (χ0n) is 56.7. The number of nitrogen functional groups attached to an aromatic ring is 1. The van der Waals surface area contributed by atoms with Crippen molar-refractivity contribution in [1.29, 1.82) is 0 Å². The van der Waals surface area contributed by atoms with Gasteiger partial charge in [0.1, 0.15) is 47.2 Å². The third kappa shape index (κ3) is 19.4. The summed E-state index contributed by atoms with van der Waals surface area (Å²) in [4.78, 5) is 80.5. The van der Waals surface area contributed by atoms with Gasteiger partial charge in [0.15, 0.2) is 35.3 Å². The van der Waals surface area contributed by atoms with E-state index < -0.39 is 24.0 Å². The number of para-hydroxylation sites is 1. The number of hydrogen-bond acceptors (Lipinski definition) is 20. The van der Waals surface area contributed by atoms with Crippen LogP contribution in [-0.4, -0.2) is 180 Å². The number of rotatable bonds is 36. The Bertz CT molecular complexity index is 3790. The number of carbonyl (C=O) groups excluding carboxylic acids is 5. The number of hydrogen-bond donors (Lipinski definition) is 4. The first-order valence-electron chi connectivity index (χ1n) is 33.2. The molecule has 522 valence electrons. The van der Waals surface area contributed by atoms with Crippen LogP contribution in [0.2, 0.25) is 0 Å². The molecule has 0 radical (unpaired) electrons. The van der Waals surface area contributed by atoms with E-state index in [1.807, 2.05) is 90.5 Å². The van der Waals surface area contributed by atoms with Gasteiger partial charge in [0, 0.05) is 56.8 Å². The van der Waals surface area contributed by atoms with E-state index in [1.165, 1.54) is 27.7 Å². The monoisotopic (exact) mass is 1350 g/mol. The Hall–Kier alpha value is -9.98. The minimum atomic E-state index is -0.832. The quantitative estimate of drug-likeness (QED) is 0.0162. The number of aryl methyl sites for hydroxylation is 1. The lowest BCUT2D eigenvalue weighted by molar-refractivity contribution is -0.162. The molecule has 25 heteroatoms. The number of likely N-dealkylation sites (tertiary alicyclic amines) is 2. The van der Waals surface area contributed by atoms with Gasteiger partial charge in [-0.2, -0.15) is 5.10 Å². The number of benzene rings is 5. The summed E-state index contributed by atoms with van der Waals surface area (Å²) in [6.07, 6.45) is 5.73. The van der Waals surface area contributed by atoms with E-state index in [-0.39, 0.29) is 88.8 Å². The van der Waals surface area contributed by atoms with Crippen molar-refractivity contribution in [3.63, 3.8) is 0 Å². The largest absolute Gasteiger partial charge is 0.493 e. The number of piperidine rings is 2. The summed E-state index contributed by atoms with van der Waals surface area (Å²) in [5, 5.41) is 14.2. The second-order valence-electron chi connectivity index (χ2n) is 23.7. The highest BCUT2D eigenvalue weighted by molar-refractivity contribution is 5.98. The van der Waals surface area contributed by atoms with Crippen LogP contribution in [0.4, 0.5) is 5.82 Å². The lowest BCUT2D eigenvalue weighted by atomic mass is 9.91. The predicted octanol–water partition coefficient (Wildman–Crippen LogP) is 8.75. The molecule has 2 aliphatic rings. The van der Waals surface area contributed by atoms with Crippen LogP contribution < -0.4 is 54.8 Å². The molecule has 4 heterocycles. The van der Waals surface area contributed by atoms with Crippen molar-refractivity contribution in [2.24, 2.45) is 0 Å². The molecule has 1 unspecified atom stereocenters. The molecule has 7 aromatic rings. The van der Waals surface area contributed by atoms with E-state index in [0.717, 1.165) is 49.1 Å². The lowest BCUT2D eigenvalue weighted by Crippen LogP contribution is -2.50. The van der Waals surface area contributed by atoms with Crippen LogP contribution in [0.3, 0.4) is 0 Å². The van der Waals surface area contributed by atoms with Gasteiger partial charge in [0.25, 0.3) is 5.91 Å². The molecule has 2 fully saturated rings. The Morgan fingerprint density at radius 1 is 0.673 bits per heavy atom. The summed E-state index contributed by atoms with van der Waals surface area (Å²) in [6.45, 7) is 9.35. The summed E-state index contributed by atoms with van der Waals surface area (Å²) >= 11 is 0. The molecule has 2 aromatic heterocycles. The number of nitrogens with zero attached hydrogens (tertiary/aromatic N) is 6. The van der Waals surface area contributed by atoms with E-state index >= 15 is 0 Å². The van der Waals surface area contributed by atoms with Crippen molar-refractivity contribution in [2.45, 2.75) is 88.8 Å². The molecule has 2 saturated heterocycles. The summed E-state index contributed by atoms with van der Waals surface area (Å²) < 4.78 is 59.4. The number of methoxy groups -OCH3 is 5. The number of esters is 1. The number of fused-ring (bicyclic) bond motifs is 1. The second kappa shape index (κ2) is 36.4. The summed E-state index contributed by atoms with van der Waals surface area (Å²) in [6, 6.07) is 32.6. The highest BCUT2D eigenvalue weighted by Crippen LogP contribution is 2.42. The van der Waals surface area contributed by atoms with Gasteiger partial charge in [-0.1, -0.05) is 49.9 Å². The number of aromatic nitrogens is 4. The van der Waals surface area contributed by atoms with Gasteiger partial charge in [0.2, 0.25) is 23.5 Å². The first kappa shape index (κ1) is 72.3. The van der Waals surface area contributed by atoms with E-state index in [4.69, 9.17) is 58.2 Å². The Labute approximate surface area is 571 Å². The summed E-state index contributed by atoms with van der Waals surface area (Å²) in [5.41, 5.74) is 11.2. The second-order valence-corrected chi connectivity index (χ2v) is 23.7. The zero-order chi connectivity index (χ0) is 69.3. The molecule has 25 nitrogen and oxygen atoms in total. The number of nitrogens with one attached hydrogen (secondary N) is 3. The van der Waals surface area contributed by atoms with E-state index in [1.54, 1.807) is 49.5 Å². The fourth-order valence-electron chi connectivity index (χ4n) is 12.2. The predicted molar refractivity (Wildman–Crippen MR) is 368 cm³/mol. The molecule has 0 saturated carbocycles. The minimum absolute atomic E-state index is 0.0440. The summed E-state index contributed by atoms with van der Waals surface area (Å²) in [7, 11) is 7.71. The van der Waals surface area contributed by atoms with Gasteiger partial charge in [-0.05, 0) is 147 Å². The van der Waals surface area contributed by atoms with Gasteiger partial charge < -0.3 is 74.0 Å². The van der Waals surface area contributed by atoms with Crippen molar-refractivity contribution in [2.75, 3.05) is 120 Å². The normalized spacial score (nSPS) is 15.3.